The minimum absolute atomic E-state index is 0.231. The summed E-state index contributed by atoms with van der Waals surface area (Å²) in [6.07, 6.45) is 5.18. The predicted octanol–water partition coefficient (Wildman–Crippen LogP) is 0.919. The van der Waals surface area contributed by atoms with E-state index in [4.69, 9.17) is 4.74 Å². The second-order valence-corrected chi connectivity index (χ2v) is 7.47. The van der Waals surface area contributed by atoms with Crippen LogP contribution in [0.2, 0.25) is 0 Å². The number of ether oxygens (including phenoxy) is 1. The van der Waals surface area contributed by atoms with E-state index in [2.05, 4.69) is 4.90 Å². The quantitative estimate of drug-likeness (QED) is 0.785. The van der Waals surface area contributed by atoms with E-state index < -0.39 is 0 Å². The summed E-state index contributed by atoms with van der Waals surface area (Å²) in [6.45, 7) is 5.70. The van der Waals surface area contributed by atoms with Crippen LogP contribution in [0.3, 0.4) is 0 Å². The summed E-state index contributed by atoms with van der Waals surface area (Å²) < 4.78 is 5.16. The molecule has 0 bridgehead atoms. The molecule has 5 nitrogen and oxygen atoms in total. The zero-order chi connectivity index (χ0) is 16.0. The summed E-state index contributed by atoms with van der Waals surface area (Å²) in [5.41, 5.74) is 0.231. The van der Waals surface area contributed by atoms with E-state index in [0.717, 1.165) is 58.6 Å². The molecule has 0 radical (unpaired) electrons. The fraction of sp³-hybridized carbons (Fsp3) is 0.938. The molecule has 0 aromatic rings. The molecule has 2 saturated heterocycles. The fourth-order valence-electron chi connectivity index (χ4n) is 3.93. The zero-order valence-electron chi connectivity index (χ0n) is 13.9. The average Bonchev–Trinajstić information content (AvgIpc) is 2.55. The predicted molar refractivity (Wildman–Crippen MR) is 90.1 cm³/mol. The Morgan fingerprint density at radius 2 is 2.00 bits per heavy atom. The van der Waals surface area contributed by atoms with Gasteiger partial charge in [0.05, 0.1) is 12.4 Å². The first kappa shape index (κ1) is 18.0. The molecule has 2 heterocycles. The lowest BCUT2D eigenvalue weighted by atomic mass is 9.64. The first-order chi connectivity index (χ1) is 10.6. The highest BCUT2D eigenvalue weighted by Crippen LogP contribution is 2.45. The van der Waals surface area contributed by atoms with Crippen LogP contribution in [0.15, 0.2) is 0 Å². The van der Waals surface area contributed by atoms with E-state index in [1.165, 1.54) is 0 Å². The maximum atomic E-state index is 12.0. The summed E-state index contributed by atoms with van der Waals surface area (Å²) in [5, 5.41) is 9.87. The Morgan fingerprint density at radius 3 is 2.59 bits per heavy atom. The second-order valence-electron chi connectivity index (χ2n) is 6.60. The number of hydrogen-bond donors (Lipinski definition) is 1. The van der Waals surface area contributed by atoms with Gasteiger partial charge in [0.2, 0.25) is 5.91 Å². The normalized spacial score (nSPS) is 25.6. The Bertz CT molecular complexity index is 359. The third-order valence-corrected chi connectivity index (χ3v) is 6.02. The number of likely N-dealkylation sites (tertiary alicyclic amines) is 2. The molecule has 2 rings (SSSR count). The van der Waals surface area contributed by atoms with E-state index in [0.29, 0.717) is 11.7 Å². The topological polar surface area (TPSA) is 53.0 Å². The number of nitrogens with zero attached hydrogens (tertiary/aromatic N) is 2. The van der Waals surface area contributed by atoms with Gasteiger partial charge in [0.25, 0.3) is 0 Å². The molecule has 6 heteroatoms. The van der Waals surface area contributed by atoms with Crippen LogP contribution >= 0.6 is 11.8 Å². The summed E-state index contributed by atoms with van der Waals surface area (Å²) >= 11 is 1.59. The van der Waals surface area contributed by atoms with Crippen molar-refractivity contribution in [1.29, 1.82) is 0 Å². The standard InChI is InChI=1S/C16H30N2O3S/c1-21-10-9-17-6-3-16(14(11-17)12-19)4-7-18(8-5-16)15(20)13-22-2/h14,19H,3-13H2,1-2H3. The lowest BCUT2D eigenvalue weighted by Gasteiger charge is -2.51. The molecule has 1 spiro atoms. The van der Waals surface area contributed by atoms with Crippen molar-refractivity contribution in [2.75, 3.05) is 65.1 Å². The van der Waals surface area contributed by atoms with Gasteiger partial charge in [-0.15, -0.1) is 0 Å². The number of aliphatic hydroxyl groups excluding tert-OH is 1. The van der Waals surface area contributed by atoms with Crippen LogP contribution in [-0.2, 0) is 9.53 Å². The van der Waals surface area contributed by atoms with Crippen molar-refractivity contribution in [3.63, 3.8) is 0 Å². The molecule has 0 aromatic carbocycles. The Balaban J connectivity index is 1.90. The molecular weight excluding hydrogens is 300 g/mol. The van der Waals surface area contributed by atoms with Crippen LogP contribution < -0.4 is 0 Å². The van der Waals surface area contributed by atoms with Gasteiger partial charge in [-0.1, -0.05) is 0 Å². The van der Waals surface area contributed by atoms with Gasteiger partial charge in [0.1, 0.15) is 0 Å². The Hall–Kier alpha value is -0.300. The van der Waals surface area contributed by atoms with E-state index >= 15 is 0 Å². The van der Waals surface area contributed by atoms with Crippen molar-refractivity contribution in [2.45, 2.75) is 19.3 Å². The number of rotatable bonds is 6. The maximum absolute atomic E-state index is 12.0. The molecule has 2 fully saturated rings. The Kier molecular flexibility index (Phi) is 6.99. The molecule has 0 saturated carbocycles. The van der Waals surface area contributed by atoms with E-state index in [-0.39, 0.29) is 17.9 Å². The average molecular weight is 330 g/mol. The molecule has 1 N–H and O–H groups in total. The van der Waals surface area contributed by atoms with Gasteiger partial charge < -0.3 is 19.6 Å². The number of methoxy groups -OCH3 is 1. The van der Waals surface area contributed by atoms with Crippen molar-refractivity contribution >= 4 is 17.7 Å². The van der Waals surface area contributed by atoms with Crippen molar-refractivity contribution in [2.24, 2.45) is 11.3 Å². The Morgan fingerprint density at radius 1 is 1.32 bits per heavy atom. The van der Waals surface area contributed by atoms with Gasteiger partial charge in [-0.25, -0.2) is 0 Å². The SMILES string of the molecule is COCCN1CCC2(CCN(C(=O)CSC)CC2)C(CO)C1. The van der Waals surface area contributed by atoms with Crippen LogP contribution in [0.5, 0.6) is 0 Å². The number of carbonyl (C=O) groups is 1. The minimum atomic E-state index is 0.231. The molecule has 2 aliphatic rings. The number of hydrogen-bond acceptors (Lipinski definition) is 5. The van der Waals surface area contributed by atoms with Crippen LogP contribution in [0.1, 0.15) is 19.3 Å². The first-order valence-electron chi connectivity index (χ1n) is 8.24. The molecule has 1 atom stereocenters. The highest BCUT2D eigenvalue weighted by molar-refractivity contribution is 7.99. The fourth-order valence-corrected chi connectivity index (χ4v) is 4.36. The van der Waals surface area contributed by atoms with E-state index in [1.54, 1.807) is 18.9 Å². The number of aliphatic hydroxyl groups is 1. The number of thioether (sulfide) groups is 1. The highest BCUT2D eigenvalue weighted by Gasteiger charge is 2.44. The molecule has 128 valence electrons. The molecule has 1 amide bonds. The lowest BCUT2D eigenvalue weighted by Crippen LogP contribution is -2.54. The van der Waals surface area contributed by atoms with Gasteiger partial charge in [-0.2, -0.15) is 11.8 Å². The third-order valence-electron chi connectivity index (χ3n) is 5.48. The largest absolute Gasteiger partial charge is 0.396 e. The maximum Gasteiger partial charge on any atom is 0.232 e. The number of piperidine rings is 2. The lowest BCUT2D eigenvalue weighted by molar-refractivity contribution is -0.132. The second kappa shape index (κ2) is 8.52. The molecule has 0 aliphatic carbocycles. The van der Waals surface area contributed by atoms with Crippen molar-refractivity contribution in [1.82, 2.24) is 9.80 Å². The van der Waals surface area contributed by atoms with Gasteiger partial charge >= 0.3 is 0 Å². The first-order valence-corrected chi connectivity index (χ1v) is 9.63. The number of carbonyl (C=O) groups excluding carboxylic acids is 1. The van der Waals surface area contributed by atoms with Gasteiger partial charge in [0, 0.05) is 45.8 Å². The van der Waals surface area contributed by atoms with Crippen LogP contribution in [0, 0.1) is 11.3 Å². The molecular formula is C16H30N2O3S. The van der Waals surface area contributed by atoms with E-state index in [1.807, 2.05) is 11.2 Å². The van der Waals surface area contributed by atoms with E-state index in [9.17, 15) is 9.90 Å². The minimum Gasteiger partial charge on any atom is -0.396 e. The highest BCUT2D eigenvalue weighted by atomic mass is 32.2. The zero-order valence-corrected chi connectivity index (χ0v) is 14.7. The summed E-state index contributed by atoms with van der Waals surface area (Å²) in [6, 6.07) is 0. The monoisotopic (exact) mass is 330 g/mol. The van der Waals surface area contributed by atoms with Crippen LogP contribution in [0.4, 0.5) is 0 Å². The van der Waals surface area contributed by atoms with Crippen molar-refractivity contribution in [3.05, 3.63) is 0 Å². The van der Waals surface area contributed by atoms with Crippen molar-refractivity contribution < 1.29 is 14.6 Å². The van der Waals surface area contributed by atoms with Crippen LogP contribution in [-0.4, -0.2) is 85.9 Å². The third kappa shape index (κ3) is 4.16. The summed E-state index contributed by atoms with van der Waals surface area (Å²) in [7, 11) is 1.73. The molecule has 22 heavy (non-hydrogen) atoms. The van der Waals surface area contributed by atoms with Gasteiger partial charge in [-0.05, 0) is 37.5 Å². The summed E-state index contributed by atoms with van der Waals surface area (Å²) in [5.74, 6) is 1.18. The van der Waals surface area contributed by atoms with Crippen LogP contribution in [0.25, 0.3) is 0 Å². The van der Waals surface area contributed by atoms with Gasteiger partial charge in [-0.3, -0.25) is 4.79 Å². The van der Waals surface area contributed by atoms with Crippen molar-refractivity contribution in [3.8, 4) is 0 Å². The van der Waals surface area contributed by atoms with Gasteiger partial charge in [0.15, 0.2) is 0 Å². The number of amides is 1. The molecule has 0 aromatic heterocycles. The summed E-state index contributed by atoms with van der Waals surface area (Å²) in [4.78, 5) is 16.4. The Labute approximate surface area is 138 Å². The molecule has 1 unspecified atom stereocenters. The smallest absolute Gasteiger partial charge is 0.232 e. The molecule has 2 aliphatic heterocycles.